The highest BCUT2D eigenvalue weighted by atomic mass is 16.4. The number of aliphatic hydroxyl groups excluding tert-OH is 1. The maximum Gasteiger partial charge on any atom is 0.133 e. The average molecular weight is 207 g/mol. The van der Waals surface area contributed by atoms with Crippen LogP contribution < -0.4 is 5.32 Å². The third-order valence-corrected chi connectivity index (χ3v) is 2.09. The second-order valence-corrected chi connectivity index (χ2v) is 3.24. The van der Waals surface area contributed by atoms with E-state index in [1.54, 1.807) is 24.7 Å². The van der Waals surface area contributed by atoms with Crippen molar-refractivity contribution in [1.82, 2.24) is 5.32 Å². The molecule has 0 aliphatic heterocycles. The Kier molecular flexibility index (Phi) is 3.22. The summed E-state index contributed by atoms with van der Waals surface area (Å²) in [7, 11) is 0. The van der Waals surface area contributed by atoms with Crippen molar-refractivity contribution in [3.05, 3.63) is 48.3 Å². The van der Waals surface area contributed by atoms with Gasteiger partial charge >= 0.3 is 0 Å². The molecule has 0 bridgehead atoms. The van der Waals surface area contributed by atoms with Gasteiger partial charge in [-0.15, -0.1) is 0 Å². The molecule has 0 spiro atoms. The van der Waals surface area contributed by atoms with Crippen molar-refractivity contribution in [3.63, 3.8) is 0 Å². The molecular weight excluding hydrogens is 194 g/mol. The van der Waals surface area contributed by atoms with Gasteiger partial charge in [0, 0.05) is 6.54 Å². The van der Waals surface area contributed by atoms with Crippen LogP contribution in [0.4, 0.5) is 0 Å². The molecular formula is C11H13NO3. The van der Waals surface area contributed by atoms with Gasteiger partial charge in [0.25, 0.3) is 0 Å². The summed E-state index contributed by atoms with van der Waals surface area (Å²) < 4.78 is 10.2. The van der Waals surface area contributed by atoms with E-state index >= 15 is 0 Å². The van der Waals surface area contributed by atoms with E-state index in [1.165, 1.54) is 0 Å². The predicted molar refractivity (Wildman–Crippen MR) is 54.1 cm³/mol. The van der Waals surface area contributed by atoms with E-state index in [4.69, 9.17) is 8.83 Å². The molecule has 15 heavy (non-hydrogen) atoms. The lowest BCUT2D eigenvalue weighted by atomic mass is 10.2. The summed E-state index contributed by atoms with van der Waals surface area (Å²) in [4.78, 5) is 0. The number of hydrogen-bond donors (Lipinski definition) is 2. The van der Waals surface area contributed by atoms with Crippen LogP contribution in [0.2, 0.25) is 0 Å². The molecule has 0 aliphatic carbocycles. The van der Waals surface area contributed by atoms with E-state index in [-0.39, 0.29) is 0 Å². The zero-order chi connectivity index (χ0) is 10.5. The lowest BCUT2D eigenvalue weighted by Gasteiger charge is -2.07. The molecule has 4 heteroatoms. The van der Waals surface area contributed by atoms with E-state index in [0.717, 1.165) is 5.76 Å². The first-order valence-electron chi connectivity index (χ1n) is 4.81. The van der Waals surface area contributed by atoms with Crippen LogP contribution in [0.25, 0.3) is 0 Å². The van der Waals surface area contributed by atoms with Crippen LogP contribution in [-0.2, 0) is 6.54 Å². The summed E-state index contributed by atoms with van der Waals surface area (Å²) in [5, 5.41) is 12.7. The lowest BCUT2D eigenvalue weighted by Crippen LogP contribution is -2.20. The van der Waals surface area contributed by atoms with E-state index < -0.39 is 6.10 Å². The van der Waals surface area contributed by atoms with Gasteiger partial charge in [-0.2, -0.15) is 0 Å². The Morgan fingerprint density at radius 3 is 2.67 bits per heavy atom. The van der Waals surface area contributed by atoms with Crippen LogP contribution in [0, 0.1) is 0 Å². The second-order valence-electron chi connectivity index (χ2n) is 3.24. The summed E-state index contributed by atoms with van der Waals surface area (Å²) >= 11 is 0. The van der Waals surface area contributed by atoms with Crippen LogP contribution in [0.15, 0.2) is 45.6 Å². The van der Waals surface area contributed by atoms with E-state index in [2.05, 4.69) is 5.32 Å². The molecule has 2 aromatic rings. The predicted octanol–water partition coefficient (Wildman–Crippen LogP) is 1.70. The third kappa shape index (κ3) is 2.71. The number of furan rings is 2. The minimum Gasteiger partial charge on any atom is -0.468 e. The Morgan fingerprint density at radius 2 is 2.00 bits per heavy atom. The largest absolute Gasteiger partial charge is 0.468 e. The van der Waals surface area contributed by atoms with Gasteiger partial charge in [-0.3, -0.25) is 0 Å². The van der Waals surface area contributed by atoms with Gasteiger partial charge < -0.3 is 19.3 Å². The Bertz CT molecular complexity index is 366. The number of nitrogens with one attached hydrogen (secondary N) is 1. The van der Waals surface area contributed by atoms with Crippen molar-refractivity contribution in [2.24, 2.45) is 0 Å². The Hall–Kier alpha value is -1.52. The first-order chi connectivity index (χ1) is 7.36. The van der Waals surface area contributed by atoms with Gasteiger partial charge in [-0.25, -0.2) is 0 Å². The first-order valence-corrected chi connectivity index (χ1v) is 4.81. The Balaban J connectivity index is 1.74. The lowest BCUT2D eigenvalue weighted by molar-refractivity contribution is 0.146. The number of aliphatic hydroxyl groups is 1. The molecule has 0 fully saturated rings. The molecule has 0 saturated heterocycles. The molecule has 0 radical (unpaired) electrons. The van der Waals surface area contributed by atoms with Crippen LogP contribution in [-0.4, -0.2) is 11.7 Å². The highest BCUT2D eigenvalue weighted by Crippen LogP contribution is 2.11. The summed E-state index contributed by atoms with van der Waals surface area (Å²) in [6.07, 6.45) is 2.56. The summed E-state index contributed by atoms with van der Waals surface area (Å²) in [6.45, 7) is 1.04. The summed E-state index contributed by atoms with van der Waals surface area (Å²) in [5.74, 6) is 1.42. The Labute approximate surface area is 87.5 Å². The van der Waals surface area contributed by atoms with E-state index in [0.29, 0.717) is 18.8 Å². The highest BCUT2D eigenvalue weighted by Gasteiger charge is 2.09. The minimum atomic E-state index is -0.616. The topological polar surface area (TPSA) is 58.5 Å². The molecule has 1 atom stereocenters. The molecule has 0 aromatic carbocycles. The third-order valence-electron chi connectivity index (χ3n) is 2.09. The SMILES string of the molecule is OC(CNCc1ccco1)c1ccco1. The molecule has 2 rings (SSSR count). The van der Waals surface area contributed by atoms with Crippen molar-refractivity contribution in [2.75, 3.05) is 6.54 Å². The van der Waals surface area contributed by atoms with Gasteiger partial charge in [0.15, 0.2) is 0 Å². The summed E-state index contributed by atoms with van der Waals surface area (Å²) in [5.41, 5.74) is 0. The molecule has 0 amide bonds. The van der Waals surface area contributed by atoms with Gasteiger partial charge in [0.05, 0.1) is 19.1 Å². The number of rotatable bonds is 5. The van der Waals surface area contributed by atoms with Crippen LogP contribution in [0.5, 0.6) is 0 Å². The Morgan fingerprint density at radius 1 is 1.20 bits per heavy atom. The maximum absolute atomic E-state index is 9.65. The van der Waals surface area contributed by atoms with Gasteiger partial charge in [-0.1, -0.05) is 0 Å². The normalized spacial score (nSPS) is 12.9. The standard InChI is InChI=1S/C11H13NO3/c13-10(11-4-2-6-15-11)8-12-7-9-3-1-5-14-9/h1-6,10,12-13H,7-8H2. The fraction of sp³-hybridized carbons (Fsp3) is 0.273. The summed E-state index contributed by atoms with van der Waals surface area (Å²) in [6, 6.07) is 7.22. The maximum atomic E-state index is 9.65. The van der Waals surface area contributed by atoms with Crippen LogP contribution in [0.3, 0.4) is 0 Å². The zero-order valence-electron chi connectivity index (χ0n) is 8.22. The molecule has 2 N–H and O–H groups in total. The van der Waals surface area contributed by atoms with Crippen LogP contribution in [0.1, 0.15) is 17.6 Å². The van der Waals surface area contributed by atoms with Gasteiger partial charge in [0.1, 0.15) is 17.6 Å². The smallest absolute Gasteiger partial charge is 0.133 e. The van der Waals surface area contributed by atoms with Crippen LogP contribution >= 0.6 is 0 Å². The molecule has 2 aromatic heterocycles. The van der Waals surface area contributed by atoms with Crippen molar-refractivity contribution in [2.45, 2.75) is 12.6 Å². The molecule has 0 aliphatic rings. The van der Waals surface area contributed by atoms with E-state index in [9.17, 15) is 5.11 Å². The first kappa shape index (κ1) is 10.0. The molecule has 4 nitrogen and oxygen atoms in total. The molecule has 80 valence electrons. The van der Waals surface area contributed by atoms with Gasteiger partial charge in [-0.05, 0) is 24.3 Å². The molecule has 1 unspecified atom stereocenters. The molecule has 2 heterocycles. The van der Waals surface area contributed by atoms with Crippen molar-refractivity contribution < 1.29 is 13.9 Å². The highest BCUT2D eigenvalue weighted by molar-refractivity contribution is 5.02. The van der Waals surface area contributed by atoms with E-state index in [1.807, 2.05) is 12.1 Å². The fourth-order valence-corrected chi connectivity index (χ4v) is 1.33. The zero-order valence-corrected chi connectivity index (χ0v) is 8.22. The monoisotopic (exact) mass is 207 g/mol. The fourth-order valence-electron chi connectivity index (χ4n) is 1.33. The van der Waals surface area contributed by atoms with Crippen molar-refractivity contribution >= 4 is 0 Å². The minimum absolute atomic E-state index is 0.439. The number of hydrogen-bond acceptors (Lipinski definition) is 4. The second kappa shape index (κ2) is 4.82. The quantitative estimate of drug-likeness (QED) is 0.783. The average Bonchev–Trinajstić information content (AvgIpc) is 2.90. The van der Waals surface area contributed by atoms with Crippen molar-refractivity contribution in [3.8, 4) is 0 Å². The van der Waals surface area contributed by atoms with Gasteiger partial charge in [0.2, 0.25) is 0 Å². The molecule has 0 saturated carbocycles. The van der Waals surface area contributed by atoms with Crippen molar-refractivity contribution in [1.29, 1.82) is 0 Å².